The lowest BCUT2D eigenvalue weighted by Crippen LogP contribution is -0.856. The van der Waals surface area contributed by atoms with Crippen LogP contribution in [0.2, 0.25) is 5.65 Å². The fourth-order valence-corrected chi connectivity index (χ4v) is 0. The molecule has 4 heteroatoms. The van der Waals surface area contributed by atoms with Gasteiger partial charge in [0.05, 0.1) is 0 Å². The second-order valence-electron chi connectivity index (χ2n) is 1.06. The Kier molecular flexibility index (Phi) is 12.1. The van der Waals surface area contributed by atoms with Crippen LogP contribution in [0.15, 0.2) is 0 Å². The fraction of sp³-hybridized carbons (Fsp3) is 1.00. The van der Waals surface area contributed by atoms with E-state index >= 15 is 0 Å². The SMILES string of the molecule is C1CC1.[2H]N.[2H]N.[2H]N.[2H]N. The van der Waals surface area contributed by atoms with Gasteiger partial charge in [0.15, 0.2) is 0 Å². The van der Waals surface area contributed by atoms with E-state index in [2.05, 4.69) is 24.6 Å². The lowest BCUT2D eigenvalue weighted by molar-refractivity contribution is 1.50. The molecule has 1 saturated carbocycles. The normalized spacial score (nSPS) is 14.3. The first-order chi connectivity index (χ1) is 5.50. The molecule has 0 unspecified atom stereocenters. The molecule has 1 aliphatic rings. The molecule has 1 aliphatic carbocycles. The Morgan fingerprint density at radius 1 is 0.714 bits per heavy atom. The number of hydrogen-bond donors (Lipinski definition) is 4. The molecule has 12 N–H and O–H groups in total. The molecule has 0 aromatic carbocycles. The van der Waals surface area contributed by atoms with Crippen LogP contribution in [-0.2, 0) is 0 Å². The largest absolute Gasteiger partial charge is 0.344 e. The molecule has 0 aromatic rings. The average Bonchev–Trinajstić information content (AvgIpc) is 3.04. The fourth-order valence-electron chi connectivity index (χ4n) is 0. The molecule has 0 amide bonds. The summed E-state index contributed by atoms with van der Waals surface area (Å²) < 4.78 is 21.0. The summed E-state index contributed by atoms with van der Waals surface area (Å²) in [6.45, 7) is 0. The molecule has 0 aliphatic heterocycles. The summed E-state index contributed by atoms with van der Waals surface area (Å²) in [5.74, 6) is 0. The summed E-state index contributed by atoms with van der Waals surface area (Å²) in [6.07, 6.45) is 19.5. The Labute approximate surface area is 50.9 Å². The van der Waals surface area contributed by atoms with Gasteiger partial charge in [-0.15, -0.1) is 0 Å². The minimum Gasteiger partial charge on any atom is -0.344 e. The number of hydrogen-bond acceptors (Lipinski definition) is 4. The molecular formula is C3H18N4. The highest BCUT2D eigenvalue weighted by Gasteiger charge is 1.95. The van der Waals surface area contributed by atoms with E-state index in [-0.39, 0.29) is 0 Å². The zero-order chi connectivity index (χ0) is 10.1. The van der Waals surface area contributed by atoms with E-state index in [1.54, 1.807) is 0 Å². The molecule has 0 heterocycles. The summed E-state index contributed by atoms with van der Waals surface area (Å²) in [6, 6.07) is 0. The monoisotopic (exact) mass is 114 g/mol. The summed E-state index contributed by atoms with van der Waals surface area (Å²) >= 11 is 0. The van der Waals surface area contributed by atoms with Crippen LogP contribution in [0.3, 0.4) is 0 Å². The first-order valence-electron chi connectivity index (χ1n) is 3.81. The number of rotatable bonds is 0. The van der Waals surface area contributed by atoms with E-state index in [0.717, 1.165) is 0 Å². The maximum Gasteiger partial charge on any atom is 0.115 e. The van der Waals surface area contributed by atoms with Crippen molar-refractivity contribution >= 4 is 0 Å². The maximum atomic E-state index is 5.25. The van der Waals surface area contributed by atoms with Crippen LogP contribution in [0.5, 0.6) is 0 Å². The Bertz CT molecular complexity index is 22.1. The van der Waals surface area contributed by atoms with Crippen LogP contribution in [0.25, 0.3) is 0 Å². The Hall–Kier alpha value is -0.160. The molecule has 1 fully saturated rings. The highest BCUT2D eigenvalue weighted by molar-refractivity contribution is 4.50. The van der Waals surface area contributed by atoms with Crippen molar-refractivity contribution in [3.63, 3.8) is 0 Å². The van der Waals surface area contributed by atoms with Crippen molar-refractivity contribution in [3.05, 3.63) is 0 Å². The van der Waals surface area contributed by atoms with Crippen LogP contribution >= 0.6 is 0 Å². The van der Waals surface area contributed by atoms with Crippen molar-refractivity contribution in [1.29, 1.82) is 0 Å². The molecular weight excluding hydrogens is 92.1 g/mol. The van der Waals surface area contributed by atoms with Gasteiger partial charge in [0.25, 0.3) is 0 Å². The predicted molar refractivity (Wildman–Crippen MR) is 33.9 cm³/mol. The van der Waals surface area contributed by atoms with Crippen molar-refractivity contribution in [2.45, 2.75) is 19.3 Å². The van der Waals surface area contributed by atoms with Crippen molar-refractivity contribution in [1.82, 2.24) is 24.6 Å². The van der Waals surface area contributed by atoms with Gasteiger partial charge in [-0.3, -0.25) is 0 Å². The third-order valence-electron chi connectivity index (χ3n) is 0.354. The summed E-state index contributed by atoms with van der Waals surface area (Å²) in [5, 5.41) is 0. The Balaban J connectivity index is -0.0000000287. The summed E-state index contributed by atoms with van der Waals surface area (Å²) in [7, 11) is 0. The Morgan fingerprint density at radius 2 is 0.857 bits per heavy atom. The van der Waals surface area contributed by atoms with Gasteiger partial charge in [-0.2, -0.15) is 0 Å². The van der Waals surface area contributed by atoms with E-state index in [1.807, 2.05) is 0 Å². The zero-order valence-electron chi connectivity index (χ0n) is 8.43. The first-order valence-corrected chi connectivity index (χ1v) is 1.50. The smallest absolute Gasteiger partial charge is 0.115 e. The van der Waals surface area contributed by atoms with Crippen LogP contribution in [0.4, 0.5) is 0 Å². The Morgan fingerprint density at radius 3 is 0.857 bits per heavy atom. The van der Waals surface area contributed by atoms with E-state index in [4.69, 9.17) is 5.65 Å². The van der Waals surface area contributed by atoms with Gasteiger partial charge >= 0.3 is 0 Å². The second kappa shape index (κ2) is 17.0. The molecule has 0 saturated heterocycles. The van der Waals surface area contributed by atoms with Gasteiger partial charge in [-0.1, -0.05) is 19.3 Å². The maximum absolute atomic E-state index is 5.25. The predicted octanol–water partition coefficient (Wildman–Crippen LogP) is 1.82. The van der Waals surface area contributed by atoms with Crippen molar-refractivity contribution in [2.24, 2.45) is 0 Å². The molecule has 50 valence electrons. The van der Waals surface area contributed by atoms with E-state index < -0.39 is 0 Å². The zero-order valence-corrected chi connectivity index (χ0v) is 4.43. The van der Waals surface area contributed by atoms with E-state index in [0.29, 0.717) is 0 Å². The third kappa shape index (κ3) is 122. The molecule has 7 heavy (non-hydrogen) atoms. The minimum atomic E-state index is 1.50. The standard InChI is InChI=1S/C3H6.4H3N/c1-2-3-1;;;;/h1-3H2;4*1H3/i/hD4. The summed E-state index contributed by atoms with van der Waals surface area (Å²) in [5.41, 5.74) is 0. The molecule has 0 radical (unpaired) electrons. The summed E-state index contributed by atoms with van der Waals surface area (Å²) in [4.78, 5) is 0. The van der Waals surface area contributed by atoms with Crippen LogP contribution in [-0.4, -0.2) is 0 Å². The highest BCUT2D eigenvalue weighted by atomic mass is 14.0. The lowest BCUT2D eigenvalue weighted by Gasteiger charge is -1.05. The molecule has 0 atom stereocenters. The molecule has 1 rings (SSSR count). The molecule has 0 bridgehead atoms. The van der Waals surface area contributed by atoms with E-state index in [9.17, 15) is 0 Å². The third-order valence-corrected chi connectivity index (χ3v) is 0.354. The second-order valence-corrected chi connectivity index (χ2v) is 1.06. The highest BCUT2D eigenvalue weighted by Crippen LogP contribution is 2.14. The van der Waals surface area contributed by atoms with Gasteiger partial charge < -0.3 is 24.6 Å². The first kappa shape index (κ1) is 4.99. The molecule has 4 nitrogen and oxygen atoms in total. The lowest BCUT2D eigenvalue weighted by atomic mass is 11.0. The van der Waals surface area contributed by atoms with Crippen molar-refractivity contribution < 1.29 is 5.65 Å². The van der Waals surface area contributed by atoms with Gasteiger partial charge in [0, 0.05) is 0 Å². The van der Waals surface area contributed by atoms with Crippen LogP contribution in [0, 0.1) is 0 Å². The van der Waals surface area contributed by atoms with Crippen LogP contribution < -0.4 is 24.6 Å². The van der Waals surface area contributed by atoms with Crippen molar-refractivity contribution in [2.75, 3.05) is 0 Å². The average molecular weight is 114 g/mol. The van der Waals surface area contributed by atoms with Gasteiger partial charge in [0.2, 0.25) is 0 Å². The molecule has 0 spiro atoms. The van der Waals surface area contributed by atoms with Crippen molar-refractivity contribution in [3.8, 4) is 0 Å². The topological polar surface area (TPSA) is 140 Å². The minimum absolute atomic E-state index is 1.50. The van der Waals surface area contributed by atoms with Gasteiger partial charge in [-0.25, -0.2) is 0 Å². The molecule has 0 aromatic heterocycles. The van der Waals surface area contributed by atoms with Crippen LogP contribution in [0.1, 0.15) is 19.3 Å². The van der Waals surface area contributed by atoms with Gasteiger partial charge in [-0.05, 0) is 0 Å². The van der Waals surface area contributed by atoms with E-state index in [1.165, 1.54) is 19.3 Å². The van der Waals surface area contributed by atoms with Gasteiger partial charge in [0.1, 0.15) is 5.65 Å². The quantitative estimate of drug-likeness (QED) is 0.381.